The molecule has 0 radical (unpaired) electrons. The van der Waals surface area contributed by atoms with Crippen molar-refractivity contribution in [3.8, 4) is 5.75 Å². The van der Waals surface area contributed by atoms with Gasteiger partial charge in [-0.25, -0.2) is 4.79 Å². The molecule has 0 aromatic heterocycles. The number of rotatable bonds is 6. The molecule has 2 aromatic carbocycles. The van der Waals surface area contributed by atoms with Crippen molar-refractivity contribution in [2.24, 2.45) is 0 Å². The monoisotopic (exact) mass is 412 g/mol. The highest BCUT2D eigenvalue weighted by atomic mass is 35.5. The molecule has 0 bridgehead atoms. The summed E-state index contributed by atoms with van der Waals surface area (Å²) in [6, 6.07) is 7.09. The van der Waals surface area contributed by atoms with Crippen molar-refractivity contribution in [2.45, 2.75) is 6.92 Å². The third-order valence-electron chi connectivity index (χ3n) is 3.50. The number of nitro benzene ring substituents is 1. The van der Waals surface area contributed by atoms with Crippen LogP contribution >= 0.6 is 23.2 Å². The quantitative estimate of drug-likeness (QED) is 0.436. The van der Waals surface area contributed by atoms with Gasteiger partial charge in [0.25, 0.3) is 5.91 Å². The van der Waals surface area contributed by atoms with Crippen molar-refractivity contribution in [1.29, 1.82) is 0 Å². The van der Waals surface area contributed by atoms with Crippen molar-refractivity contribution in [2.75, 3.05) is 19.0 Å². The van der Waals surface area contributed by atoms with E-state index in [1.807, 2.05) is 0 Å². The van der Waals surface area contributed by atoms with Crippen molar-refractivity contribution in [3.05, 3.63) is 61.6 Å². The predicted molar refractivity (Wildman–Crippen MR) is 99.8 cm³/mol. The third kappa shape index (κ3) is 4.87. The number of nitrogens with zero attached hydrogens (tertiary/aromatic N) is 1. The van der Waals surface area contributed by atoms with E-state index in [1.165, 1.54) is 31.4 Å². The molecule has 0 aliphatic carbocycles. The summed E-state index contributed by atoms with van der Waals surface area (Å²) in [4.78, 5) is 34.5. The lowest BCUT2D eigenvalue weighted by molar-refractivity contribution is -0.385. The zero-order valence-corrected chi connectivity index (χ0v) is 15.8. The second-order valence-electron chi connectivity index (χ2n) is 5.32. The molecule has 1 N–H and O–H groups in total. The maximum Gasteiger partial charge on any atom is 0.341 e. The molecule has 2 rings (SSSR count). The summed E-state index contributed by atoms with van der Waals surface area (Å²) in [5, 5.41) is 13.7. The fourth-order valence-electron chi connectivity index (χ4n) is 2.20. The summed E-state index contributed by atoms with van der Waals surface area (Å²) >= 11 is 11.8. The van der Waals surface area contributed by atoms with Gasteiger partial charge in [0.15, 0.2) is 12.4 Å². The van der Waals surface area contributed by atoms with Crippen molar-refractivity contribution >= 4 is 46.5 Å². The topological polar surface area (TPSA) is 108 Å². The molecule has 0 aliphatic rings. The van der Waals surface area contributed by atoms with E-state index in [0.717, 1.165) is 0 Å². The first-order valence-corrected chi connectivity index (χ1v) is 8.24. The Morgan fingerprint density at radius 3 is 2.41 bits per heavy atom. The van der Waals surface area contributed by atoms with E-state index in [0.29, 0.717) is 5.56 Å². The van der Waals surface area contributed by atoms with Crippen LogP contribution in [0.1, 0.15) is 15.9 Å². The van der Waals surface area contributed by atoms with E-state index in [1.54, 1.807) is 13.0 Å². The van der Waals surface area contributed by atoms with Crippen molar-refractivity contribution in [3.63, 3.8) is 0 Å². The zero-order valence-electron chi connectivity index (χ0n) is 14.2. The second-order valence-corrected chi connectivity index (χ2v) is 6.13. The molecule has 0 aliphatic heterocycles. The van der Waals surface area contributed by atoms with Crippen LogP contribution in [0.4, 0.5) is 11.4 Å². The number of carbonyl (C=O) groups is 2. The number of amides is 1. The van der Waals surface area contributed by atoms with Crippen LogP contribution in [0.25, 0.3) is 0 Å². The molecule has 142 valence electrons. The molecule has 27 heavy (non-hydrogen) atoms. The van der Waals surface area contributed by atoms with E-state index in [2.05, 4.69) is 5.32 Å². The van der Waals surface area contributed by atoms with Gasteiger partial charge < -0.3 is 14.8 Å². The molecule has 0 saturated heterocycles. The minimum absolute atomic E-state index is 0.0132. The van der Waals surface area contributed by atoms with Gasteiger partial charge in [-0.05, 0) is 24.6 Å². The summed E-state index contributed by atoms with van der Waals surface area (Å²) in [6.45, 7) is 0.983. The number of ether oxygens (including phenoxy) is 2. The standard InChI is InChI=1S/C17H14Cl2N2O6/c1-9-6-13(21(24)25)14(26-2)7-12(9)20-15(22)8-27-17(23)16-10(18)4-3-5-11(16)19/h3-7H,8H2,1-2H3,(H,20,22). The molecule has 0 spiro atoms. The number of hydrogen-bond donors (Lipinski definition) is 1. The molecule has 0 saturated carbocycles. The highest BCUT2D eigenvalue weighted by Gasteiger charge is 2.20. The lowest BCUT2D eigenvalue weighted by atomic mass is 10.1. The van der Waals surface area contributed by atoms with Gasteiger partial charge in [-0.15, -0.1) is 0 Å². The van der Waals surface area contributed by atoms with Crippen LogP contribution in [0.2, 0.25) is 10.0 Å². The van der Waals surface area contributed by atoms with Crippen LogP contribution in [0.15, 0.2) is 30.3 Å². The molecule has 0 heterocycles. The number of carbonyl (C=O) groups excluding carboxylic acids is 2. The molecule has 0 unspecified atom stereocenters. The molecule has 10 heteroatoms. The Labute approximate surface area is 164 Å². The average molecular weight is 413 g/mol. The Balaban J connectivity index is 2.08. The van der Waals surface area contributed by atoms with Crippen LogP contribution in [-0.4, -0.2) is 30.5 Å². The molecule has 0 fully saturated rings. The summed E-state index contributed by atoms with van der Waals surface area (Å²) < 4.78 is 9.88. The fourth-order valence-corrected chi connectivity index (χ4v) is 2.75. The summed E-state index contributed by atoms with van der Waals surface area (Å²) in [6.07, 6.45) is 0. The minimum Gasteiger partial charge on any atom is -0.490 e. The smallest absolute Gasteiger partial charge is 0.341 e. The Hall–Kier alpha value is -2.84. The molecule has 1 amide bonds. The normalized spacial score (nSPS) is 10.2. The lowest BCUT2D eigenvalue weighted by Gasteiger charge is -2.11. The lowest BCUT2D eigenvalue weighted by Crippen LogP contribution is -2.21. The number of aryl methyl sites for hydroxylation is 1. The van der Waals surface area contributed by atoms with E-state index in [-0.39, 0.29) is 32.7 Å². The number of methoxy groups -OCH3 is 1. The van der Waals surface area contributed by atoms with E-state index >= 15 is 0 Å². The van der Waals surface area contributed by atoms with Gasteiger partial charge in [0, 0.05) is 17.8 Å². The van der Waals surface area contributed by atoms with Crippen LogP contribution in [0.3, 0.4) is 0 Å². The summed E-state index contributed by atoms with van der Waals surface area (Å²) in [7, 11) is 1.28. The Morgan fingerprint density at radius 1 is 1.22 bits per heavy atom. The first-order valence-electron chi connectivity index (χ1n) is 7.48. The van der Waals surface area contributed by atoms with Gasteiger partial charge in [-0.3, -0.25) is 14.9 Å². The van der Waals surface area contributed by atoms with Crippen molar-refractivity contribution in [1.82, 2.24) is 0 Å². The van der Waals surface area contributed by atoms with Gasteiger partial charge in [0.2, 0.25) is 0 Å². The number of nitro groups is 1. The fraction of sp³-hybridized carbons (Fsp3) is 0.176. The van der Waals surface area contributed by atoms with E-state index in [4.69, 9.17) is 32.7 Å². The van der Waals surface area contributed by atoms with Crippen molar-refractivity contribution < 1.29 is 24.0 Å². The van der Waals surface area contributed by atoms with Crippen LogP contribution < -0.4 is 10.1 Å². The molecular formula is C17H14Cl2N2O6. The molecule has 0 atom stereocenters. The minimum atomic E-state index is -0.848. The summed E-state index contributed by atoms with van der Waals surface area (Å²) in [5.41, 5.74) is 0.459. The number of anilines is 1. The van der Waals surface area contributed by atoms with Crippen LogP contribution in [-0.2, 0) is 9.53 Å². The first-order chi connectivity index (χ1) is 12.7. The first kappa shape index (κ1) is 20.5. The highest BCUT2D eigenvalue weighted by molar-refractivity contribution is 6.39. The van der Waals surface area contributed by atoms with Gasteiger partial charge in [0.05, 0.1) is 27.6 Å². The number of hydrogen-bond acceptors (Lipinski definition) is 6. The number of halogens is 2. The third-order valence-corrected chi connectivity index (χ3v) is 4.13. The van der Waals surface area contributed by atoms with E-state index < -0.39 is 23.4 Å². The Morgan fingerprint density at radius 2 is 1.85 bits per heavy atom. The Bertz CT molecular complexity index is 896. The van der Waals surface area contributed by atoms with Gasteiger partial charge >= 0.3 is 11.7 Å². The second kappa shape index (κ2) is 8.70. The van der Waals surface area contributed by atoms with Gasteiger partial charge in [0.1, 0.15) is 0 Å². The maximum absolute atomic E-state index is 12.1. The summed E-state index contributed by atoms with van der Waals surface area (Å²) in [5.74, 6) is -1.51. The largest absolute Gasteiger partial charge is 0.490 e. The number of benzene rings is 2. The van der Waals surface area contributed by atoms with Gasteiger partial charge in [-0.1, -0.05) is 29.3 Å². The molecule has 8 nitrogen and oxygen atoms in total. The average Bonchev–Trinajstić information content (AvgIpc) is 2.61. The Kier molecular flexibility index (Phi) is 6.59. The molecular weight excluding hydrogens is 399 g/mol. The van der Waals surface area contributed by atoms with Crippen LogP contribution in [0.5, 0.6) is 5.75 Å². The maximum atomic E-state index is 12.1. The zero-order chi connectivity index (χ0) is 20.1. The number of nitrogens with one attached hydrogen (secondary N) is 1. The number of esters is 1. The predicted octanol–water partition coefficient (Wildman–Crippen LogP) is 4.01. The van der Waals surface area contributed by atoms with Crippen LogP contribution in [0, 0.1) is 17.0 Å². The van der Waals surface area contributed by atoms with Gasteiger partial charge in [-0.2, -0.15) is 0 Å². The molecule has 2 aromatic rings. The highest BCUT2D eigenvalue weighted by Crippen LogP contribution is 2.32. The van der Waals surface area contributed by atoms with E-state index in [9.17, 15) is 19.7 Å². The SMILES string of the molecule is COc1cc(NC(=O)COC(=O)c2c(Cl)cccc2Cl)c(C)cc1[N+](=O)[O-].